The molecule has 0 amide bonds. The first kappa shape index (κ1) is 13.6. The zero-order chi connectivity index (χ0) is 13.8. The zero-order valence-electron chi connectivity index (χ0n) is 11.9. The van der Waals surface area contributed by atoms with E-state index in [0.717, 1.165) is 48.4 Å². The minimum atomic E-state index is 0.218. The fraction of sp³-hybridized carbons (Fsp3) is 0.500. The molecule has 1 atom stereocenters. The Balaban J connectivity index is 1.81. The molecule has 1 aromatic heterocycles. The number of hydrogen-bond donors (Lipinski definition) is 1. The molecule has 0 spiro atoms. The lowest BCUT2D eigenvalue weighted by Crippen LogP contribution is -2.15. The van der Waals surface area contributed by atoms with Gasteiger partial charge in [0.2, 0.25) is 0 Å². The van der Waals surface area contributed by atoms with E-state index in [1.54, 1.807) is 0 Å². The lowest BCUT2D eigenvalue weighted by molar-refractivity contribution is 0.0315. The molecule has 1 unspecified atom stereocenters. The summed E-state index contributed by atoms with van der Waals surface area (Å²) in [6.07, 6.45) is 1.20. The molecular weight excluding hydrogens is 254 g/mol. The second-order valence-corrected chi connectivity index (χ2v) is 5.08. The second-order valence-electron chi connectivity index (χ2n) is 5.08. The molecule has 4 heteroatoms. The molecule has 20 heavy (non-hydrogen) atoms. The molecule has 1 saturated heterocycles. The summed E-state index contributed by atoms with van der Waals surface area (Å²) in [4.78, 5) is 0. The van der Waals surface area contributed by atoms with E-state index in [2.05, 4.69) is 18.3 Å². The average Bonchev–Trinajstić information content (AvgIpc) is 3.10. The third-order valence-corrected chi connectivity index (χ3v) is 3.67. The van der Waals surface area contributed by atoms with Crippen LogP contribution in [0.4, 0.5) is 0 Å². The highest BCUT2D eigenvalue weighted by Gasteiger charge is 2.19. The maximum absolute atomic E-state index is 5.96. The van der Waals surface area contributed by atoms with Gasteiger partial charge in [-0.15, -0.1) is 0 Å². The smallest absolute Gasteiger partial charge is 0.134 e. The minimum absolute atomic E-state index is 0.218. The first-order valence-corrected chi connectivity index (χ1v) is 7.28. The molecule has 3 rings (SSSR count). The van der Waals surface area contributed by atoms with Crippen LogP contribution in [-0.4, -0.2) is 25.9 Å². The van der Waals surface area contributed by atoms with Crippen molar-refractivity contribution in [1.82, 2.24) is 5.32 Å². The fourth-order valence-electron chi connectivity index (χ4n) is 2.53. The molecule has 2 heterocycles. The van der Waals surface area contributed by atoms with Crippen LogP contribution in [0.25, 0.3) is 11.0 Å². The lowest BCUT2D eigenvalue weighted by Gasteiger charge is -2.10. The van der Waals surface area contributed by atoms with E-state index in [1.165, 1.54) is 0 Å². The highest BCUT2D eigenvalue weighted by molar-refractivity contribution is 5.82. The van der Waals surface area contributed by atoms with Crippen LogP contribution in [0.5, 0.6) is 0 Å². The molecule has 1 aliphatic heterocycles. The van der Waals surface area contributed by atoms with Crippen LogP contribution in [-0.2, 0) is 22.6 Å². The van der Waals surface area contributed by atoms with Gasteiger partial charge in [0, 0.05) is 17.6 Å². The summed E-state index contributed by atoms with van der Waals surface area (Å²) in [5, 5.41) is 4.47. The van der Waals surface area contributed by atoms with Crippen LogP contribution in [0.3, 0.4) is 0 Å². The normalized spacial score (nSPS) is 18.9. The Bertz CT molecular complexity index is 558. The highest BCUT2D eigenvalue weighted by Crippen LogP contribution is 2.27. The molecule has 0 bridgehead atoms. The van der Waals surface area contributed by atoms with Gasteiger partial charge in [-0.3, -0.25) is 0 Å². The molecule has 1 N–H and O–H groups in total. The maximum Gasteiger partial charge on any atom is 0.134 e. The first-order valence-electron chi connectivity index (χ1n) is 7.28. The van der Waals surface area contributed by atoms with Crippen molar-refractivity contribution in [3.8, 4) is 0 Å². The predicted octanol–water partition coefficient (Wildman–Crippen LogP) is 2.85. The molecule has 2 aromatic rings. The van der Waals surface area contributed by atoms with Crippen molar-refractivity contribution in [2.75, 3.05) is 19.8 Å². The monoisotopic (exact) mass is 275 g/mol. The second kappa shape index (κ2) is 6.39. The summed E-state index contributed by atoms with van der Waals surface area (Å²) in [7, 11) is 0. The van der Waals surface area contributed by atoms with Crippen molar-refractivity contribution in [3.63, 3.8) is 0 Å². The van der Waals surface area contributed by atoms with E-state index in [0.29, 0.717) is 13.2 Å². The fourth-order valence-corrected chi connectivity index (χ4v) is 2.53. The highest BCUT2D eigenvalue weighted by atomic mass is 16.5. The van der Waals surface area contributed by atoms with Crippen LogP contribution in [0.15, 0.2) is 28.7 Å². The third kappa shape index (κ3) is 2.87. The van der Waals surface area contributed by atoms with Crippen molar-refractivity contribution in [3.05, 3.63) is 35.6 Å². The van der Waals surface area contributed by atoms with Crippen molar-refractivity contribution in [2.24, 2.45) is 0 Å². The summed E-state index contributed by atoms with van der Waals surface area (Å²) in [6, 6.07) is 8.14. The van der Waals surface area contributed by atoms with Gasteiger partial charge in [-0.2, -0.15) is 0 Å². The molecule has 0 saturated carbocycles. The largest absolute Gasteiger partial charge is 0.459 e. The standard InChI is InChI=1S/C16H21NO3/c1-2-17-9-16-14(11-19-12-7-8-18-10-12)13-5-3-4-6-15(13)20-16/h3-6,12,17H,2,7-11H2,1H3. The molecule has 4 nitrogen and oxygen atoms in total. The van der Waals surface area contributed by atoms with Gasteiger partial charge in [0.25, 0.3) is 0 Å². The number of para-hydroxylation sites is 1. The SMILES string of the molecule is CCNCc1oc2ccccc2c1COC1CCOC1. The van der Waals surface area contributed by atoms with E-state index in [9.17, 15) is 0 Å². The molecule has 108 valence electrons. The van der Waals surface area contributed by atoms with Gasteiger partial charge in [0.1, 0.15) is 11.3 Å². The van der Waals surface area contributed by atoms with E-state index >= 15 is 0 Å². The van der Waals surface area contributed by atoms with Gasteiger partial charge in [0.15, 0.2) is 0 Å². The Morgan fingerprint density at radius 3 is 3.05 bits per heavy atom. The van der Waals surface area contributed by atoms with E-state index in [1.807, 2.05) is 18.2 Å². The summed E-state index contributed by atoms with van der Waals surface area (Å²) < 4.78 is 17.3. The maximum atomic E-state index is 5.96. The Kier molecular flexibility index (Phi) is 4.35. The van der Waals surface area contributed by atoms with Gasteiger partial charge < -0.3 is 19.2 Å². The number of furan rings is 1. The summed E-state index contributed by atoms with van der Waals surface area (Å²) in [6.45, 7) is 5.86. The Hall–Kier alpha value is -1.36. The van der Waals surface area contributed by atoms with Crippen LogP contribution in [0, 0.1) is 0 Å². The van der Waals surface area contributed by atoms with Gasteiger partial charge >= 0.3 is 0 Å². The van der Waals surface area contributed by atoms with Crippen LogP contribution >= 0.6 is 0 Å². The van der Waals surface area contributed by atoms with Gasteiger partial charge in [-0.1, -0.05) is 25.1 Å². The van der Waals surface area contributed by atoms with Crippen LogP contribution in [0.2, 0.25) is 0 Å². The quantitative estimate of drug-likeness (QED) is 0.880. The molecule has 0 aliphatic carbocycles. The third-order valence-electron chi connectivity index (χ3n) is 3.67. The van der Waals surface area contributed by atoms with E-state index < -0.39 is 0 Å². The molecule has 1 aromatic carbocycles. The lowest BCUT2D eigenvalue weighted by atomic mass is 10.1. The van der Waals surface area contributed by atoms with Crippen molar-refractivity contribution in [2.45, 2.75) is 32.6 Å². The van der Waals surface area contributed by atoms with Crippen molar-refractivity contribution in [1.29, 1.82) is 0 Å². The molecule has 0 radical (unpaired) electrons. The van der Waals surface area contributed by atoms with E-state index in [4.69, 9.17) is 13.9 Å². The van der Waals surface area contributed by atoms with E-state index in [-0.39, 0.29) is 6.10 Å². The summed E-state index contributed by atoms with van der Waals surface area (Å²) >= 11 is 0. The topological polar surface area (TPSA) is 43.6 Å². The number of hydrogen-bond acceptors (Lipinski definition) is 4. The van der Waals surface area contributed by atoms with Crippen molar-refractivity contribution < 1.29 is 13.9 Å². The molecule has 1 aliphatic rings. The van der Waals surface area contributed by atoms with Gasteiger partial charge in [-0.25, -0.2) is 0 Å². The first-order chi connectivity index (χ1) is 9.88. The van der Waals surface area contributed by atoms with Gasteiger partial charge in [0.05, 0.1) is 25.9 Å². The van der Waals surface area contributed by atoms with Crippen molar-refractivity contribution >= 4 is 11.0 Å². The number of nitrogens with one attached hydrogen (secondary N) is 1. The van der Waals surface area contributed by atoms with Gasteiger partial charge in [-0.05, 0) is 19.0 Å². The Labute approximate surface area is 119 Å². The number of rotatable bonds is 6. The number of ether oxygens (including phenoxy) is 2. The summed E-state index contributed by atoms with van der Waals surface area (Å²) in [5.41, 5.74) is 2.09. The number of fused-ring (bicyclic) bond motifs is 1. The number of benzene rings is 1. The van der Waals surface area contributed by atoms with Crippen LogP contribution in [0.1, 0.15) is 24.7 Å². The van der Waals surface area contributed by atoms with Crippen LogP contribution < -0.4 is 5.32 Å². The molecular formula is C16H21NO3. The average molecular weight is 275 g/mol. The zero-order valence-corrected chi connectivity index (χ0v) is 11.9. The molecule has 1 fully saturated rings. The Morgan fingerprint density at radius 2 is 2.25 bits per heavy atom. The Morgan fingerprint density at radius 1 is 1.35 bits per heavy atom. The minimum Gasteiger partial charge on any atom is -0.459 e. The predicted molar refractivity (Wildman–Crippen MR) is 77.6 cm³/mol. The summed E-state index contributed by atoms with van der Waals surface area (Å²) in [5.74, 6) is 0.979.